The van der Waals surface area contributed by atoms with E-state index in [0.29, 0.717) is 12.3 Å². The highest BCUT2D eigenvalue weighted by molar-refractivity contribution is 5.73. The predicted octanol–water partition coefficient (Wildman–Crippen LogP) is 4.25. The molecule has 0 aromatic heterocycles. The fourth-order valence-corrected chi connectivity index (χ4v) is 2.72. The maximum absolute atomic E-state index is 10.8. The summed E-state index contributed by atoms with van der Waals surface area (Å²) in [5.74, 6) is 0.235. The van der Waals surface area contributed by atoms with E-state index in [9.17, 15) is 4.79 Å². The van der Waals surface area contributed by atoms with Crippen LogP contribution in [0.25, 0.3) is 0 Å². The molecule has 0 radical (unpaired) electrons. The standard InChI is InChI=1S/C19H23NO/c20-19(21)15-9-3-8-14-18(16-10-4-1-5-11-16)17-12-6-2-7-13-17/h1-2,4-7,10-13,18H,3,8-9,14-15H2,(H2,20,21). The Hall–Kier alpha value is -2.09. The van der Waals surface area contributed by atoms with Crippen molar-refractivity contribution in [3.05, 3.63) is 71.8 Å². The Morgan fingerprint density at radius 1 is 0.810 bits per heavy atom. The SMILES string of the molecule is NC(=O)CCCCCC(c1ccccc1)c1ccccc1. The lowest BCUT2D eigenvalue weighted by Gasteiger charge is -2.18. The summed E-state index contributed by atoms with van der Waals surface area (Å²) in [6.07, 6.45) is 4.67. The Morgan fingerprint density at radius 3 is 1.81 bits per heavy atom. The molecule has 0 unspecified atom stereocenters. The van der Waals surface area contributed by atoms with E-state index in [1.54, 1.807) is 0 Å². The third-order valence-corrected chi connectivity index (χ3v) is 3.82. The number of nitrogens with two attached hydrogens (primary N) is 1. The van der Waals surface area contributed by atoms with Crippen molar-refractivity contribution < 1.29 is 4.79 Å². The Morgan fingerprint density at radius 2 is 1.33 bits per heavy atom. The molecule has 2 nitrogen and oxygen atoms in total. The van der Waals surface area contributed by atoms with Crippen molar-refractivity contribution in [1.29, 1.82) is 0 Å². The molecule has 0 spiro atoms. The fraction of sp³-hybridized carbons (Fsp3) is 0.316. The summed E-state index contributed by atoms with van der Waals surface area (Å²) in [5, 5.41) is 0. The molecule has 0 saturated heterocycles. The van der Waals surface area contributed by atoms with Crippen LogP contribution in [0, 0.1) is 0 Å². The van der Waals surface area contributed by atoms with Gasteiger partial charge in [-0.1, -0.05) is 73.5 Å². The molecule has 0 heterocycles. The van der Waals surface area contributed by atoms with Crippen molar-refractivity contribution in [2.24, 2.45) is 5.73 Å². The number of amides is 1. The minimum Gasteiger partial charge on any atom is -0.370 e. The molecule has 0 fully saturated rings. The molecule has 0 atom stereocenters. The van der Waals surface area contributed by atoms with Gasteiger partial charge in [-0.15, -0.1) is 0 Å². The van der Waals surface area contributed by atoms with E-state index in [4.69, 9.17) is 5.73 Å². The minimum atomic E-state index is -0.197. The predicted molar refractivity (Wildman–Crippen MR) is 87.0 cm³/mol. The van der Waals surface area contributed by atoms with Crippen LogP contribution < -0.4 is 5.73 Å². The topological polar surface area (TPSA) is 43.1 Å². The Labute approximate surface area is 127 Å². The molecule has 2 N–H and O–H groups in total. The number of rotatable bonds is 8. The van der Waals surface area contributed by atoms with Crippen molar-refractivity contribution in [2.45, 2.75) is 38.0 Å². The van der Waals surface area contributed by atoms with E-state index in [0.717, 1.165) is 25.7 Å². The maximum Gasteiger partial charge on any atom is 0.217 e. The molecular formula is C19H23NO. The maximum atomic E-state index is 10.8. The van der Waals surface area contributed by atoms with Gasteiger partial charge in [0.15, 0.2) is 0 Å². The lowest BCUT2D eigenvalue weighted by atomic mass is 9.87. The van der Waals surface area contributed by atoms with Crippen molar-refractivity contribution in [2.75, 3.05) is 0 Å². The molecular weight excluding hydrogens is 258 g/mol. The zero-order valence-corrected chi connectivity index (χ0v) is 12.4. The van der Waals surface area contributed by atoms with E-state index >= 15 is 0 Å². The first-order valence-corrected chi connectivity index (χ1v) is 7.65. The van der Waals surface area contributed by atoms with Crippen LogP contribution in [0.2, 0.25) is 0 Å². The van der Waals surface area contributed by atoms with Gasteiger partial charge in [-0.3, -0.25) is 4.79 Å². The summed E-state index contributed by atoms with van der Waals surface area (Å²) in [6.45, 7) is 0. The zero-order valence-electron chi connectivity index (χ0n) is 12.4. The van der Waals surface area contributed by atoms with Crippen LogP contribution in [0.15, 0.2) is 60.7 Å². The molecule has 1 amide bonds. The second-order valence-corrected chi connectivity index (χ2v) is 5.44. The van der Waals surface area contributed by atoms with Crippen LogP contribution in [0.4, 0.5) is 0 Å². The minimum absolute atomic E-state index is 0.197. The van der Waals surface area contributed by atoms with Crippen LogP contribution in [-0.4, -0.2) is 5.91 Å². The average Bonchev–Trinajstić information content (AvgIpc) is 2.52. The molecule has 110 valence electrons. The number of carbonyl (C=O) groups excluding carboxylic acids is 1. The third-order valence-electron chi connectivity index (χ3n) is 3.82. The quantitative estimate of drug-likeness (QED) is 0.722. The summed E-state index contributed by atoms with van der Waals surface area (Å²) < 4.78 is 0. The van der Waals surface area contributed by atoms with E-state index in [1.807, 2.05) is 0 Å². The van der Waals surface area contributed by atoms with Gasteiger partial charge in [-0.25, -0.2) is 0 Å². The molecule has 0 aliphatic carbocycles. The Kier molecular flexibility index (Phi) is 6.01. The van der Waals surface area contributed by atoms with Crippen LogP contribution in [0.3, 0.4) is 0 Å². The Balaban J connectivity index is 1.99. The normalized spacial score (nSPS) is 10.7. The van der Waals surface area contributed by atoms with Crippen LogP contribution >= 0.6 is 0 Å². The summed E-state index contributed by atoms with van der Waals surface area (Å²) in [5.41, 5.74) is 7.90. The van der Waals surface area contributed by atoms with Crippen LogP contribution in [0.1, 0.15) is 49.1 Å². The monoisotopic (exact) mass is 281 g/mol. The zero-order chi connectivity index (χ0) is 14.9. The van der Waals surface area contributed by atoms with Gasteiger partial charge < -0.3 is 5.73 Å². The van der Waals surface area contributed by atoms with Crippen molar-refractivity contribution >= 4 is 5.91 Å². The number of carbonyl (C=O) groups is 1. The summed E-state index contributed by atoms with van der Waals surface area (Å²) in [4.78, 5) is 10.8. The fourth-order valence-electron chi connectivity index (χ4n) is 2.72. The third kappa shape index (κ3) is 5.07. The highest BCUT2D eigenvalue weighted by atomic mass is 16.1. The van der Waals surface area contributed by atoms with Crippen molar-refractivity contribution in [3.8, 4) is 0 Å². The van der Waals surface area contributed by atoms with E-state index in [-0.39, 0.29) is 5.91 Å². The van der Waals surface area contributed by atoms with Gasteiger partial charge in [0.1, 0.15) is 0 Å². The van der Waals surface area contributed by atoms with Gasteiger partial charge in [0, 0.05) is 12.3 Å². The first kappa shape index (κ1) is 15.3. The Bertz CT molecular complexity index is 497. The van der Waals surface area contributed by atoms with Crippen LogP contribution in [0.5, 0.6) is 0 Å². The average molecular weight is 281 g/mol. The van der Waals surface area contributed by atoms with E-state index < -0.39 is 0 Å². The van der Waals surface area contributed by atoms with Gasteiger partial charge in [0.05, 0.1) is 0 Å². The first-order valence-electron chi connectivity index (χ1n) is 7.65. The summed E-state index contributed by atoms with van der Waals surface area (Å²) in [7, 11) is 0. The van der Waals surface area contributed by atoms with Gasteiger partial charge in [-0.2, -0.15) is 0 Å². The number of hydrogen-bond donors (Lipinski definition) is 1. The highest BCUT2D eigenvalue weighted by Gasteiger charge is 2.13. The lowest BCUT2D eigenvalue weighted by Crippen LogP contribution is -2.09. The largest absolute Gasteiger partial charge is 0.370 e. The number of unbranched alkanes of at least 4 members (excludes halogenated alkanes) is 2. The molecule has 2 rings (SSSR count). The highest BCUT2D eigenvalue weighted by Crippen LogP contribution is 2.29. The van der Waals surface area contributed by atoms with Gasteiger partial charge >= 0.3 is 0 Å². The van der Waals surface area contributed by atoms with Crippen molar-refractivity contribution in [3.63, 3.8) is 0 Å². The molecule has 2 heteroatoms. The molecule has 2 aromatic carbocycles. The van der Waals surface area contributed by atoms with Crippen LogP contribution in [-0.2, 0) is 4.79 Å². The molecule has 0 aliphatic rings. The summed E-state index contributed by atoms with van der Waals surface area (Å²) >= 11 is 0. The van der Waals surface area contributed by atoms with E-state index in [1.165, 1.54) is 11.1 Å². The van der Waals surface area contributed by atoms with Gasteiger partial charge in [0.2, 0.25) is 5.91 Å². The molecule has 21 heavy (non-hydrogen) atoms. The number of primary amides is 1. The smallest absolute Gasteiger partial charge is 0.217 e. The molecule has 2 aromatic rings. The molecule has 0 aliphatic heterocycles. The number of benzene rings is 2. The van der Waals surface area contributed by atoms with Crippen molar-refractivity contribution in [1.82, 2.24) is 0 Å². The van der Waals surface area contributed by atoms with Gasteiger partial charge in [0.25, 0.3) is 0 Å². The second kappa shape index (κ2) is 8.25. The molecule has 0 saturated carbocycles. The first-order chi connectivity index (χ1) is 10.3. The lowest BCUT2D eigenvalue weighted by molar-refractivity contribution is -0.118. The molecule has 0 bridgehead atoms. The second-order valence-electron chi connectivity index (χ2n) is 5.44. The van der Waals surface area contributed by atoms with E-state index in [2.05, 4.69) is 60.7 Å². The number of hydrogen-bond acceptors (Lipinski definition) is 1. The summed E-state index contributed by atoms with van der Waals surface area (Å²) in [6, 6.07) is 21.3. The van der Waals surface area contributed by atoms with Gasteiger partial charge in [-0.05, 0) is 24.0 Å².